The van der Waals surface area contributed by atoms with Crippen molar-refractivity contribution in [2.75, 3.05) is 14.1 Å². The predicted molar refractivity (Wildman–Crippen MR) is 50.9 cm³/mol. The lowest BCUT2D eigenvalue weighted by atomic mass is 10.1. The molecule has 74 valence electrons. The van der Waals surface area contributed by atoms with Gasteiger partial charge in [-0.05, 0) is 32.7 Å². The Hall–Kier alpha value is -0.650. The molecule has 1 aliphatic carbocycles. The first-order valence-corrected chi connectivity index (χ1v) is 5.34. The zero-order valence-electron chi connectivity index (χ0n) is 7.64. The van der Waals surface area contributed by atoms with E-state index in [-0.39, 0.29) is 0 Å². The minimum Gasteiger partial charge on any atom is -0.284 e. The number of nitrogens with zero attached hydrogens (tertiary/aromatic N) is 1. The molecule has 1 aliphatic rings. The van der Waals surface area contributed by atoms with Crippen molar-refractivity contribution >= 4 is 10.1 Å². The van der Waals surface area contributed by atoms with Gasteiger partial charge in [0, 0.05) is 0 Å². The Bertz CT molecular complexity index is 328. The highest BCUT2D eigenvalue weighted by Gasteiger charge is 2.41. The average molecular weight is 203 g/mol. The number of hydrogen-bond donors (Lipinski definition) is 1. The molecule has 0 aromatic rings. The molecule has 0 bridgehead atoms. The van der Waals surface area contributed by atoms with Gasteiger partial charge < -0.3 is 0 Å². The fourth-order valence-electron chi connectivity index (χ4n) is 1.31. The Balaban J connectivity index is 3.24. The van der Waals surface area contributed by atoms with E-state index in [4.69, 9.17) is 4.55 Å². The second kappa shape index (κ2) is 3.25. The lowest BCUT2D eigenvalue weighted by Crippen LogP contribution is -2.48. The number of hydrogen-bond acceptors (Lipinski definition) is 3. The molecular formula is C8H13NO3S. The van der Waals surface area contributed by atoms with Crippen LogP contribution in [0.3, 0.4) is 0 Å². The molecule has 0 radical (unpaired) electrons. The zero-order chi connectivity index (χ0) is 10.1. The first-order valence-electron chi connectivity index (χ1n) is 3.90. The molecule has 0 fully saturated rings. The Labute approximate surface area is 78.3 Å². The van der Waals surface area contributed by atoms with E-state index in [1.54, 1.807) is 26.2 Å². The molecule has 0 saturated carbocycles. The van der Waals surface area contributed by atoms with Crippen molar-refractivity contribution in [3.8, 4) is 0 Å². The summed E-state index contributed by atoms with van der Waals surface area (Å²) in [6.07, 6.45) is 7.11. The van der Waals surface area contributed by atoms with Gasteiger partial charge >= 0.3 is 0 Å². The van der Waals surface area contributed by atoms with Crippen LogP contribution in [0.4, 0.5) is 0 Å². The maximum Gasteiger partial charge on any atom is 0.291 e. The van der Waals surface area contributed by atoms with Gasteiger partial charge in [0.25, 0.3) is 10.1 Å². The van der Waals surface area contributed by atoms with E-state index in [0.717, 1.165) is 0 Å². The van der Waals surface area contributed by atoms with Gasteiger partial charge in [-0.15, -0.1) is 0 Å². The SMILES string of the molecule is CN(C)C1(S(=O)(=O)O)C=CCC=C1. The van der Waals surface area contributed by atoms with Gasteiger partial charge in [0.1, 0.15) is 0 Å². The van der Waals surface area contributed by atoms with Crippen LogP contribution in [0.15, 0.2) is 24.3 Å². The molecule has 0 aromatic heterocycles. The maximum absolute atomic E-state index is 11.2. The Morgan fingerprint density at radius 2 is 1.77 bits per heavy atom. The third kappa shape index (κ3) is 1.67. The number of allylic oxidation sites excluding steroid dienone is 2. The minimum atomic E-state index is -4.13. The lowest BCUT2D eigenvalue weighted by molar-refractivity contribution is 0.313. The average Bonchev–Trinajstić information content (AvgIpc) is 2.03. The molecule has 0 heterocycles. The summed E-state index contributed by atoms with van der Waals surface area (Å²) in [5.74, 6) is 0. The largest absolute Gasteiger partial charge is 0.291 e. The standard InChI is InChI=1S/C8H13NO3S/c1-9(2)8(13(10,11)12)6-4-3-5-7-8/h4-7H,3H2,1-2H3,(H,10,11,12). The fraction of sp³-hybridized carbons (Fsp3) is 0.500. The molecule has 4 nitrogen and oxygen atoms in total. The van der Waals surface area contributed by atoms with E-state index in [9.17, 15) is 8.42 Å². The summed E-state index contributed by atoms with van der Waals surface area (Å²) < 4.78 is 31.4. The third-order valence-corrected chi connectivity index (χ3v) is 3.56. The van der Waals surface area contributed by atoms with Crippen LogP contribution in [-0.2, 0) is 10.1 Å². The molecular weight excluding hydrogens is 190 g/mol. The Morgan fingerprint density at radius 3 is 2.00 bits per heavy atom. The Kier molecular flexibility index (Phi) is 2.61. The van der Waals surface area contributed by atoms with Crippen molar-refractivity contribution in [1.29, 1.82) is 0 Å². The lowest BCUT2D eigenvalue weighted by Gasteiger charge is -2.32. The topological polar surface area (TPSA) is 57.6 Å². The van der Waals surface area contributed by atoms with Gasteiger partial charge in [-0.3, -0.25) is 9.45 Å². The highest BCUT2D eigenvalue weighted by atomic mass is 32.2. The van der Waals surface area contributed by atoms with Crippen LogP contribution < -0.4 is 0 Å². The summed E-state index contributed by atoms with van der Waals surface area (Å²) in [6, 6.07) is 0. The van der Waals surface area contributed by atoms with Crippen LogP contribution in [0.25, 0.3) is 0 Å². The van der Waals surface area contributed by atoms with E-state index in [1.165, 1.54) is 17.1 Å². The van der Waals surface area contributed by atoms with Crippen LogP contribution in [-0.4, -0.2) is 36.8 Å². The molecule has 1 N–H and O–H groups in total. The van der Waals surface area contributed by atoms with E-state index < -0.39 is 15.0 Å². The molecule has 0 saturated heterocycles. The summed E-state index contributed by atoms with van der Waals surface area (Å²) >= 11 is 0. The van der Waals surface area contributed by atoms with Crippen LogP contribution in [0.5, 0.6) is 0 Å². The maximum atomic E-state index is 11.2. The van der Waals surface area contributed by atoms with Crippen LogP contribution in [0.1, 0.15) is 6.42 Å². The van der Waals surface area contributed by atoms with Gasteiger partial charge in [0.2, 0.25) is 0 Å². The minimum absolute atomic E-state index is 0.700. The van der Waals surface area contributed by atoms with Crippen molar-refractivity contribution in [3.05, 3.63) is 24.3 Å². The third-order valence-electron chi connectivity index (χ3n) is 2.10. The van der Waals surface area contributed by atoms with Crippen molar-refractivity contribution in [1.82, 2.24) is 4.90 Å². The Morgan fingerprint density at radius 1 is 1.31 bits per heavy atom. The van der Waals surface area contributed by atoms with E-state index in [0.29, 0.717) is 6.42 Å². The summed E-state index contributed by atoms with van der Waals surface area (Å²) in [7, 11) is -0.925. The molecule has 0 aromatic carbocycles. The molecule has 13 heavy (non-hydrogen) atoms. The number of likely N-dealkylation sites (N-methyl/N-ethyl adjacent to an activating group) is 1. The monoisotopic (exact) mass is 203 g/mol. The molecule has 5 heteroatoms. The highest BCUT2D eigenvalue weighted by molar-refractivity contribution is 7.87. The summed E-state index contributed by atoms with van der Waals surface area (Å²) in [4.78, 5) is 0.0692. The van der Waals surface area contributed by atoms with Crippen LogP contribution in [0, 0.1) is 0 Å². The van der Waals surface area contributed by atoms with Crippen molar-refractivity contribution in [3.63, 3.8) is 0 Å². The van der Waals surface area contributed by atoms with E-state index in [1.807, 2.05) is 0 Å². The second-order valence-electron chi connectivity index (χ2n) is 3.16. The predicted octanol–water partition coefficient (Wildman–Crippen LogP) is 0.648. The van der Waals surface area contributed by atoms with Crippen molar-refractivity contribution < 1.29 is 13.0 Å². The molecule has 0 atom stereocenters. The summed E-state index contributed by atoms with van der Waals surface area (Å²) in [6.45, 7) is 0. The fourth-order valence-corrected chi connectivity index (χ4v) is 2.31. The van der Waals surface area contributed by atoms with Gasteiger partial charge in [-0.25, -0.2) is 0 Å². The van der Waals surface area contributed by atoms with Gasteiger partial charge in [-0.1, -0.05) is 12.2 Å². The molecule has 0 spiro atoms. The molecule has 0 aliphatic heterocycles. The number of rotatable bonds is 2. The van der Waals surface area contributed by atoms with Crippen LogP contribution in [0.2, 0.25) is 0 Å². The van der Waals surface area contributed by atoms with E-state index >= 15 is 0 Å². The summed E-state index contributed by atoms with van der Waals surface area (Å²) in [5.41, 5.74) is 0. The zero-order valence-corrected chi connectivity index (χ0v) is 8.45. The van der Waals surface area contributed by atoms with Crippen molar-refractivity contribution in [2.24, 2.45) is 0 Å². The van der Waals surface area contributed by atoms with E-state index in [2.05, 4.69) is 0 Å². The first kappa shape index (κ1) is 10.4. The highest BCUT2D eigenvalue weighted by Crippen LogP contribution is 2.26. The smallest absolute Gasteiger partial charge is 0.284 e. The molecule has 0 amide bonds. The quantitative estimate of drug-likeness (QED) is 0.529. The molecule has 0 unspecified atom stereocenters. The normalized spacial score (nSPS) is 20.9. The van der Waals surface area contributed by atoms with Gasteiger partial charge in [-0.2, -0.15) is 8.42 Å². The molecule has 1 rings (SSSR count). The first-order chi connectivity index (χ1) is 5.90. The van der Waals surface area contributed by atoms with Crippen LogP contribution >= 0.6 is 0 Å². The van der Waals surface area contributed by atoms with Gasteiger partial charge in [0.15, 0.2) is 4.87 Å². The second-order valence-corrected chi connectivity index (χ2v) is 4.77. The summed E-state index contributed by atoms with van der Waals surface area (Å²) in [5, 5.41) is 0. The van der Waals surface area contributed by atoms with Crippen molar-refractivity contribution in [2.45, 2.75) is 11.3 Å². The van der Waals surface area contributed by atoms with Gasteiger partial charge in [0.05, 0.1) is 0 Å².